The van der Waals surface area contributed by atoms with Crippen molar-refractivity contribution in [2.45, 2.75) is 44.4 Å². The van der Waals surface area contributed by atoms with Crippen LogP contribution in [0.15, 0.2) is 0 Å². The number of ether oxygens (including phenoxy) is 2. The standard InChI is InChI=1S/C12H17F5O10S2/c1-5(9(18)26-7(3)12(16,17)29(23,24)25)6(2)10(19)27-8(11(13,14)15)4-28(20,21)22/h5-8H,4H2,1-3H3,(H,20,21,22)(H,23,24,25). The highest BCUT2D eigenvalue weighted by atomic mass is 32.2. The second-order valence-electron chi connectivity index (χ2n) is 5.91. The molecule has 0 aliphatic rings. The summed E-state index contributed by atoms with van der Waals surface area (Å²) in [6.07, 6.45) is -11.4. The molecule has 4 atom stereocenters. The van der Waals surface area contributed by atoms with E-state index < -0.39 is 73.4 Å². The predicted octanol–water partition coefficient (Wildman–Crippen LogP) is 1.03. The highest BCUT2D eigenvalue weighted by Crippen LogP contribution is 2.29. The van der Waals surface area contributed by atoms with Crippen molar-refractivity contribution >= 4 is 32.2 Å². The van der Waals surface area contributed by atoms with Crippen LogP contribution in [-0.2, 0) is 39.3 Å². The monoisotopic (exact) mass is 480 g/mol. The van der Waals surface area contributed by atoms with E-state index in [1.165, 1.54) is 0 Å². The lowest BCUT2D eigenvalue weighted by molar-refractivity contribution is -0.218. The Morgan fingerprint density at radius 3 is 1.55 bits per heavy atom. The third-order valence-corrected chi connectivity index (χ3v) is 5.33. The molecule has 0 spiro atoms. The molecule has 0 aliphatic carbocycles. The number of esters is 2. The van der Waals surface area contributed by atoms with E-state index in [4.69, 9.17) is 9.11 Å². The highest BCUT2D eigenvalue weighted by molar-refractivity contribution is 7.87. The molecule has 29 heavy (non-hydrogen) atoms. The van der Waals surface area contributed by atoms with Crippen LogP contribution >= 0.6 is 0 Å². The van der Waals surface area contributed by atoms with Crippen molar-refractivity contribution in [1.29, 1.82) is 0 Å². The van der Waals surface area contributed by atoms with Gasteiger partial charge in [-0.15, -0.1) is 0 Å². The molecule has 0 aromatic carbocycles. The summed E-state index contributed by atoms with van der Waals surface area (Å²) in [5.74, 6) is -8.99. The van der Waals surface area contributed by atoms with Gasteiger partial charge in [0.25, 0.3) is 10.1 Å². The first-order chi connectivity index (χ1) is 12.6. The predicted molar refractivity (Wildman–Crippen MR) is 82.7 cm³/mol. The van der Waals surface area contributed by atoms with Crippen LogP contribution in [0.5, 0.6) is 0 Å². The molecule has 0 aliphatic heterocycles. The van der Waals surface area contributed by atoms with Crippen molar-refractivity contribution in [2.24, 2.45) is 11.8 Å². The average molecular weight is 480 g/mol. The van der Waals surface area contributed by atoms with E-state index in [1.807, 2.05) is 0 Å². The van der Waals surface area contributed by atoms with Gasteiger partial charge in [-0.3, -0.25) is 18.7 Å². The SMILES string of the molecule is CC(C(=O)OC(CS(=O)(=O)O)C(F)(F)F)C(C)C(=O)OC(C)C(F)(F)S(=O)(=O)O. The van der Waals surface area contributed by atoms with Gasteiger partial charge in [-0.1, -0.05) is 13.8 Å². The van der Waals surface area contributed by atoms with Gasteiger partial charge in [0, 0.05) is 0 Å². The van der Waals surface area contributed by atoms with Crippen molar-refractivity contribution in [3.63, 3.8) is 0 Å². The van der Waals surface area contributed by atoms with Crippen LogP contribution in [0.4, 0.5) is 22.0 Å². The van der Waals surface area contributed by atoms with Crippen LogP contribution in [-0.4, -0.2) is 67.3 Å². The van der Waals surface area contributed by atoms with E-state index in [9.17, 15) is 48.4 Å². The van der Waals surface area contributed by atoms with Gasteiger partial charge in [-0.2, -0.15) is 38.8 Å². The molecule has 10 nitrogen and oxygen atoms in total. The Kier molecular flexibility index (Phi) is 8.55. The first-order valence-corrected chi connectivity index (χ1v) is 10.4. The summed E-state index contributed by atoms with van der Waals surface area (Å²) in [7, 11) is -11.2. The molecule has 0 heterocycles. The van der Waals surface area contributed by atoms with E-state index in [-0.39, 0.29) is 0 Å². The second kappa shape index (κ2) is 9.05. The van der Waals surface area contributed by atoms with Gasteiger partial charge in [-0.05, 0) is 6.92 Å². The quantitative estimate of drug-likeness (QED) is 0.277. The number of halogens is 5. The van der Waals surface area contributed by atoms with Crippen molar-refractivity contribution in [2.75, 3.05) is 5.75 Å². The minimum absolute atomic E-state index is 0.396. The van der Waals surface area contributed by atoms with E-state index in [0.717, 1.165) is 13.8 Å². The lowest BCUT2D eigenvalue weighted by Crippen LogP contribution is -2.44. The summed E-state index contributed by atoms with van der Waals surface area (Å²) in [5.41, 5.74) is 0. The molecule has 0 saturated carbocycles. The van der Waals surface area contributed by atoms with E-state index in [0.29, 0.717) is 6.92 Å². The van der Waals surface area contributed by atoms with Crippen molar-refractivity contribution < 1.29 is 67.0 Å². The van der Waals surface area contributed by atoms with Gasteiger partial charge in [0.15, 0.2) is 6.10 Å². The third-order valence-electron chi connectivity index (χ3n) is 3.59. The zero-order valence-electron chi connectivity index (χ0n) is 14.9. The van der Waals surface area contributed by atoms with Crippen LogP contribution in [0.1, 0.15) is 20.8 Å². The van der Waals surface area contributed by atoms with Crippen molar-refractivity contribution in [3.05, 3.63) is 0 Å². The number of hydrogen-bond acceptors (Lipinski definition) is 8. The summed E-state index contributed by atoms with van der Waals surface area (Å²) in [5, 5.41) is -4.91. The van der Waals surface area contributed by atoms with Crippen LogP contribution in [0, 0.1) is 11.8 Å². The molecule has 0 bridgehead atoms. The summed E-state index contributed by atoms with van der Waals surface area (Å²) in [6, 6.07) is 0. The highest BCUT2D eigenvalue weighted by Gasteiger charge is 2.52. The molecular formula is C12H17F5O10S2. The third kappa shape index (κ3) is 7.98. The molecule has 0 saturated heterocycles. The Hall–Kier alpha value is -1.59. The second-order valence-corrected chi connectivity index (χ2v) is 8.90. The first-order valence-electron chi connectivity index (χ1n) is 7.39. The molecule has 2 N–H and O–H groups in total. The zero-order chi connectivity index (χ0) is 23.6. The largest absolute Gasteiger partial charge is 0.455 e. The Labute approximate surface area is 161 Å². The fourth-order valence-electron chi connectivity index (χ4n) is 1.60. The van der Waals surface area contributed by atoms with E-state index in [1.54, 1.807) is 0 Å². The van der Waals surface area contributed by atoms with Crippen LogP contribution in [0.2, 0.25) is 0 Å². The molecular weight excluding hydrogens is 463 g/mol. The van der Waals surface area contributed by atoms with Crippen LogP contribution < -0.4 is 0 Å². The lowest BCUT2D eigenvalue weighted by Gasteiger charge is -2.25. The van der Waals surface area contributed by atoms with Crippen LogP contribution in [0.3, 0.4) is 0 Å². The molecule has 4 unspecified atom stereocenters. The number of carbonyl (C=O) groups excluding carboxylic acids is 2. The fourth-order valence-corrected chi connectivity index (χ4v) is 2.71. The lowest BCUT2D eigenvalue weighted by atomic mass is 9.96. The van der Waals surface area contributed by atoms with Gasteiger partial charge in [-0.25, -0.2) is 0 Å². The molecule has 0 aromatic rings. The van der Waals surface area contributed by atoms with Crippen molar-refractivity contribution in [1.82, 2.24) is 0 Å². The maximum Gasteiger partial charge on any atom is 0.426 e. The van der Waals surface area contributed by atoms with Gasteiger partial charge >= 0.3 is 33.5 Å². The number of rotatable bonds is 9. The van der Waals surface area contributed by atoms with Gasteiger partial charge < -0.3 is 9.47 Å². The van der Waals surface area contributed by atoms with Gasteiger partial charge in [0.05, 0.1) is 11.8 Å². The van der Waals surface area contributed by atoms with Crippen molar-refractivity contribution in [3.8, 4) is 0 Å². The summed E-state index contributed by atoms with van der Waals surface area (Å²) < 4.78 is 132. The Bertz CT molecular complexity index is 820. The Morgan fingerprint density at radius 2 is 1.24 bits per heavy atom. The minimum atomic E-state index is -5.97. The molecule has 0 radical (unpaired) electrons. The molecule has 0 amide bonds. The minimum Gasteiger partial charge on any atom is -0.455 e. The van der Waals surface area contributed by atoms with E-state index in [2.05, 4.69) is 9.47 Å². The number of carbonyl (C=O) groups is 2. The number of alkyl halides is 5. The summed E-state index contributed by atoms with van der Waals surface area (Å²) >= 11 is 0. The van der Waals surface area contributed by atoms with E-state index >= 15 is 0 Å². The maximum absolute atomic E-state index is 13.4. The molecule has 0 aromatic heterocycles. The van der Waals surface area contributed by atoms with Gasteiger partial charge in [0.1, 0.15) is 5.75 Å². The number of hydrogen-bond donors (Lipinski definition) is 2. The first kappa shape index (κ1) is 27.4. The molecule has 0 fully saturated rings. The Morgan fingerprint density at radius 1 is 0.862 bits per heavy atom. The maximum atomic E-state index is 13.4. The summed E-state index contributed by atoms with van der Waals surface area (Å²) in [4.78, 5) is 23.6. The van der Waals surface area contributed by atoms with Crippen LogP contribution in [0.25, 0.3) is 0 Å². The molecule has 17 heteroatoms. The smallest absolute Gasteiger partial charge is 0.426 e. The zero-order valence-corrected chi connectivity index (χ0v) is 16.5. The topological polar surface area (TPSA) is 161 Å². The summed E-state index contributed by atoms with van der Waals surface area (Å²) in [6.45, 7) is 2.06. The fraction of sp³-hybridized carbons (Fsp3) is 0.833. The van der Waals surface area contributed by atoms with Gasteiger partial charge in [0.2, 0.25) is 6.10 Å². The molecule has 172 valence electrons. The normalized spacial score (nSPS) is 17.7. The molecule has 0 rings (SSSR count). The Balaban J connectivity index is 5.28. The average Bonchev–Trinajstić information content (AvgIpc) is 2.49.